The van der Waals surface area contributed by atoms with Gasteiger partial charge in [0.1, 0.15) is 12.4 Å². The van der Waals surface area contributed by atoms with Crippen LogP contribution in [-0.4, -0.2) is 23.9 Å². The van der Waals surface area contributed by atoms with E-state index in [0.29, 0.717) is 18.1 Å². The summed E-state index contributed by atoms with van der Waals surface area (Å²) >= 11 is 0. The van der Waals surface area contributed by atoms with Gasteiger partial charge in [0, 0.05) is 18.7 Å². The van der Waals surface area contributed by atoms with Crippen molar-refractivity contribution in [3.05, 3.63) is 101 Å². The molecule has 3 aromatic rings. The Morgan fingerprint density at radius 1 is 1.06 bits per heavy atom. The molecule has 4 heteroatoms. The molecule has 1 saturated heterocycles. The average molecular weight is 443 g/mol. The van der Waals surface area contributed by atoms with Gasteiger partial charge in [0.15, 0.2) is 0 Å². The number of carbonyl (C=O) groups is 1. The Morgan fingerprint density at radius 2 is 1.76 bits per heavy atom. The van der Waals surface area contributed by atoms with Crippen LogP contribution in [0.5, 0.6) is 5.75 Å². The molecule has 4 nitrogen and oxygen atoms in total. The molecule has 0 saturated carbocycles. The number of piperidine rings is 1. The fourth-order valence-corrected chi connectivity index (χ4v) is 4.72. The van der Waals surface area contributed by atoms with E-state index in [1.165, 1.54) is 22.3 Å². The molecule has 3 aromatic carbocycles. The minimum Gasteiger partial charge on any atom is -0.489 e. The molecular formula is C29H34N2O2. The molecule has 172 valence electrons. The van der Waals surface area contributed by atoms with E-state index in [0.717, 1.165) is 31.8 Å². The SMILES string of the molecule is Cc1ccc(COc2ccc(CN3CC[C@@](C)(c4cccc(C(N)=O)c4)[C@@H](C)C3)cc2)cc1. The third-order valence-electron chi connectivity index (χ3n) is 7.23. The summed E-state index contributed by atoms with van der Waals surface area (Å²) in [6.45, 7) is 10.3. The lowest BCUT2D eigenvalue weighted by Gasteiger charge is -2.45. The van der Waals surface area contributed by atoms with Crippen LogP contribution < -0.4 is 10.5 Å². The number of amides is 1. The summed E-state index contributed by atoms with van der Waals surface area (Å²) in [5.74, 6) is 0.997. The Kier molecular flexibility index (Phi) is 6.85. The summed E-state index contributed by atoms with van der Waals surface area (Å²) < 4.78 is 5.95. The second-order valence-electron chi connectivity index (χ2n) is 9.67. The fraction of sp³-hybridized carbons (Fsp3) is 0.345. The molecule has 33 heavy (non-hydrogen) atoms. The van der Waals surface area contributed by atoms with Gasteiger partial charge in [0.05, 0.1) is 0 Å². The molecule has 2 N–H and O–H groups in total. The first-order chi connectivity index (χ1) is 15.8. The number of hydrogen-bond acceptors (Lipinski definition) is 3. The standard InChI is InChI=1S/C29H34N2O2/c1-21-7-9-24(10-8-21)20-33-27-13-11-23(12-14-27)19-31-16-15-29(3,22(2)18-31)26-6-4-5-25(17-26)28(30)32/h4-14,17,22H,15-16,18-20H2,1-3H3,(H2,30,32)/t22-,29+/m0/s1. The van der Waals surface area contributed by atoms with Gasteiger partial charge in [-0.1, -0.05) is 67.9 Å². The summed E-state index contributed by atoms with van der Waals surface area (Å²) in [5, 5.41) is 0. The molecule has 1 aliphatic heterocycles. The molecule has 0 radical (unpaired) electrons. The molecule has 1 fully saturated rings. The Hall–Kier alpha value is -3.11. The number of carbonyl (C=O) groups excluding carboxylic acids is 1. The summed E-state index contributed by atoms with van der Waals surface area (Å²) in [7, 11) is 0. The second kappa shape index (κ2) is 9.80. The van der Waals surface area contributed by atoms with Gasteiger partial charge in [-0.05, 0) is 72.2 Å². The van der Waals surface area contributed by atoms with E-state index in [1.54, 1.807) is 6.07 Å². The Labute approximate surface area is 197 Å². The maximum atomic E-state index is 11.6. The van der Waals surface area contributed by atoms with Gasteiger partial charge in [-0.2, -0.15) is 0 Å². The van der Waals surface area contributed by atoms with Gasteiger partial charge in [0.25, 0.3) is 0 Å². The highest BCUT2D eigenvalue weighted by atomic mass is 16.5. The summed E-state index contributed by atoms with van der Waals surface area (Å²) in [4.78, 5) is 14.2. The highest BCUT2D eigenvalue weighted by Gasteiger charge is 2.38. The maximum absolute atomic E-state index is 11.6. The summed E-state index contributed by atoms with van der Waals surface area (Å²) in [6, 6.07) is 24.8. The van der Waals surface area contributed by atoms with Crippen molar-refractivity contribution < 1.29 is 9.53 Å². The van der Waals surface area contributed by atoms with Crippen LogP contribution in [0.25, 0.3) is 0 Å². The monoisotopic (exact) mass is 442 g/mol. The van der Waals surface area contributed by atoms with Crippen LogP contribution in [0.2, 0.25) is 0 Å². The van der Waals surface area contributed by atoms with Crippen molar-refractivity contribution in [1.82, 2.24) is 4.90 Å². The summed E-state index contributed by atoms with van der Waals surface area (Å²) in [6.07, 6.45) is 1.05. The number of nitrogens with two attached hydrogens (primary N) is 1. The van der Waals surface area contributed by atoms with Crippen molar-refractivity contribution >= 4 is 5.91 Å². The largest absolute Gasteiger partial charge is 0.489 e. The Balaban J connectivity index is 1.34. The van der Waals surface area contributed by atoms with Crippen LogP contribution in [0.1, 0.15) is 52.9 Å². The van der Waals surface area contributed by atoms with Crippen LogP contribution in [-0.2, 0) is 18.6 Å². The maximum Gasteiger partial charge on any atom is 0.248 e. The third-order valence-corrected chi connectivity index (χ3v) is 7.23. The highest BCUT2D eigenvalue weighted by Crippen LogP contribution is 2.40. The predicted molar refractivity (Wildman–Crippen MR) is 133 cm³/mol. The number of aryl methyl sites for hydroxylation is 1. The molecule has 1 amide bonds. The van der Waals surface area contributed by atoms with E-state index in [2.05, 4.69) is 80.3 Å². The number of rotatable bonds is 7. The van der Waals surface area contributed by atoms with Gasteiger partial charge in [-0.3, -0.25) is 9.69 Å². The number of nitrogens with zero attached hydrogens (tertiary/aromatic N) is 1. The van der Waals surface area contributed by atoms with Crippen LogP contribution in [0.3, 0.4) is 0 Å². The third kappa shape index (κ3) is 5.45. The topological polar surface area (TPSA) is 55.6 Å². The summed E-state index contributed by atoms with van der Waals surface area (Å²) in [5.41, 5.74) is 11.1. The first-order valence-corrected chi connectivity index (χ1v) is 11.7. The van der Waals surface area contributed by atoms with Crippen LogP contribution in [0.15, 0.2) is 72.8 Å². The number of ether oxygens (including phenoxy) is 1. The quantitative estimate of drug-likeness (QED) is 0.528. The lowest BCUT2D eigenvalue weighted by atomic mass is 9.68. The fourth-order valence-electron chi connectivity index (χ4n) is 4.72. The zero-order valence-corrected chi connectivity index (χ0v) is 19.9. The zero-order chi connectivity index (χ0) is 23.4. The zero-order valence-electron chi connectivity index (χ0n) is 19.9. The van der Waals surface area contributed by atoms with E-state index < -0.39 is 0 Å². The highest BCUT2D eigenvalue weighted by molar-refractivity contribution is 5.92. The lowest BCUT2D eigenvalue weighted by Crippen LogP contribution is -2.47. The molecule has 0 aliphatic carbocycles. The molecular weight excluding hydrogens is 408 g/mol. The van der Waals surface area contributed by atoms with Crippen molar-refractivity contribution in [3.8, 4) is 5.75 Å². The molecule has 0 unspecified atom stereocenters. The first kappa shape index (κ1) is 23.1. The molecule has 0 aromatic heterocycles. The van der Waals surface area contributed by atoms with Gasteiger partial charge < -0.3 is 10.5 Å². The first-order valence-electron chi connectivity index (χ1n) is 11.7. The van der Waals surface area contributed by atoms with E-state index in [1.807, 2.05) is 12.1 Å². The predicted octanol–water partition coefficient (Wildman–Crippen LogP) is 5.47. The van der Waals surface area contributed by atoms with Crippen molar-refractivity contribution in [3.63, 3.8) is 0 Å². The molecule has 0 spiro atoms. The van der Waals surface area contributed by atoms with Crippen molar-refractivity contribution in [2.45, 2.75) is 45.8 Å². The average Bonchev–Trinajstić information content (AvgIpc) is 2.82. The van der Waals surface area contributed by atoms with Gasteiger partial charge >= 0.3 is 0 Å². The lowest BCUT2D eigenvalue weighted by molar-refractivity contribution is 0.0996. The molecule has 1 aliphatic rings. The smallest absolute Gasteiger partial charge is 0.248 e. The van der Waals surface area contributed by atoms with Gasteiger partial charge in [-0.15, -0.1) is 0 Å². The van der Waals surface area contributed by atoms with Gasteiger partial charge in [0.2, 0.25) is 5.91 Å². The minimum atomic E-state index is -0.364. The van der Waals surface area contributed by atoms with Crippen LogP contribution in [0.4, 0.5) is 0 Å². The van der Waals surface area contributed by atoms with Crippen LogP contribution >= 0.6 is 0 Å². The molecule has 2 atom stereocenters. The molecule has 1 heterocycles. The number of likely N-dealkylation sites (tertiary alicyclic amines) is 1. The van der Waals surface area contributed by atoms with Crippen molar-refractivity contribution in [2.24, 2.45) is 11.7 Å². The second-order valence-corrected chi connectivity index (χ2v) is 9.67. The number of benzene rings is 3. The Bertz CT molecular complexity index is 1090. The number of primary amides is 1. The van der Waals surface area contributed by atoms with Crippen LogP contribution in [0, 0.1) is 12.8 Å². The number of hydrogen-bond donors (Lipinski definition) is 1. The van der Waals surface area contributed by atoms with Gasteiger partial charge in [-0.25, -0.2) is 0 Å². The van der Waals surface area contributed by atoms with E-state index in [4.69, 9.17) is 10.5 Å². The normalized spacial score (nSPS) is 21.0. The van der Waals surface area contributed by atoms with E-state index in [9.17, 15) is 4.79 Å². The van der Waals surface area contributed by atoms with Crippen molar-refractivity contribution in [2.75, 3.05) is 13.1 Å². The minimum absolute atomic E-state index is 0.0373. The van der Waals surface area contributed by atoms with E-state index >= 15 is 0 Å². The Morgan fingerprint density at radius 3 is 2.42 bits per heavy atom. The molecule has 4 rings (SSSR count). The molecule has 0 bridgehead atoms. The van der Waals surface area contributed by atoms with E-state index in [-0.39, 0.29) is 11.3 Å². The van der Waals surface area contributed by atoms with Crippen molar-refractivity contribution in [1.29, 1.82) is 0 Å².